The van der Waals surface area contributed by atoms with Gasteiger partial charge in [-0.25, -0.2) is 0 Å². The zero-order chi connectivity index (χ0) is 14.3. The van der Waals surface area contributed by atoms with Crippen LogP contribution in [0.25, 0.3) is 0 Å². The van der Waals surface area contributed by atoms with Gasteiger partial charge in [-0.2, -0.15) is 0 Å². The number of carboxylic acid groups (broad SMARTS) is 1. The van der Waals surface area contributed by atoms with E-state index in [2.05, 4.69) is 0 Å². The van der Waals surface area contributed by atoms with Gasteiger partial charge in [0.05, 0.1) is 11.4 Å². The van der Waals surface area contributed by atoms with E-state index in [-0.39, 0.29) is 17.6 Å². The minimum absolute atomic E-state index is 0.0790. The van der Waals surface area contributed by atoms with Crippen molar-refractivity contribution < 1.29 is 15.0 Å². The van der Waals surface area contributed by atoms with Crippen LogP contribution < -0.4 is 0 Å². The summed E-state index contributed by atoms with van der Waals surface area (Å²) in [7, 11) is 0. The minimum atomic E-state index is -0.812. The Hall–Kier alpha value is -1.22. The summed E-state index contributed by atoms with van der Waals surface area (Å²) in [5.41, 5.74) is 2.64. The normalized spacial score (nSPS) is 20.1. The Labute approximate surface area is 123 Å². The van der Waals surface area contributed by atoms with Crippen molar-refractivity contribution in [2.24, 2.45) is 0 Å². The van der Waals surface area contributed by atoms with Crippen LogP contribution in [0.1, 0.15) is 55.2 Å². The summed E-state index contributed by atoms with van der Waals surface area (Å²) in [6.07, 6.45) is 7.03. The summed E-state index contributed by atoms with van der Waals surface area (Å²) in [6.45, 7) is 0. The lowest BCUT2D eigenvalue weighted by atomic mass is 9.87. The SMILES string of the molecule is O=C(O)CC1(c2cc3c(c(Cl)c2O)CCCCC3)CC1. The number of phenols is 1. The number of carboxylic acids is 1. The van der Waals surface area contributed by atoms with Crippen LogP contribution in [0.5, 0.6) is 5.75 Å². The second kappa shape index (κ2) is 4.96. The molecule has 1 aromatic rings. The number of rotatable bonds is 3. The van der Waals surface area contributed by atoms with E-state index >= 15 is 0 Å². The molecule has 108 valence electrons. The maximum Gasteiger partial charge on any atom is 0.304 e. The first-order valence-electron chi connectivity index (χ1n) is 7.29. The topological polar surface area (TPSA) is 57.5 Å². The molecule has 1 saturated carbocycles. The highest BCUT2D eigenvalue weighted by Crippen LogP contribution is 2.56. The molecule has 3 rings (SSSR count). The highest BCUT2D eigenvalue weighted by molar-refractivity contribution is 6.33. The number of halogens is 1. The summed E-state index contributed by atoms with van der Waals surface area (Å²) in [4.78, 5) is 11.1. The molecule has 1 aromatic carbocycles. The van der Waals surface area contributed by atoms with Gasteiger partial charge in [-0.1, -0.05) is 24.1 Å². The molecule has 0 bridgehead atoms. The standard InChI is InChI=1S/C16H19ClO3/c17-14-11-5-3-1-2-4-10(11)8-12(15(14)20)16(6-7-16)9-13(18)19/h8,20H,1-7,9H2,(H,18,19). The van der Waals surface area contributed by atoms with Crippen molar-refractivity contribution in [1.82, 2.24) is 0 Å². The molecule has 0 aliphatic heterocycles. The molecule has 2 N–H and O–H groups in total. The zero-order valence-electron chi connectivity index (χ0n) is 11.4. The Morgan fingerprint density at radius 1 is 1.25 bits per heavy atom. The Morgan fingerprint density at radius 2 is 1.95 bits per heavy atom. The Bertz CT molecular complexity index is 561. The average Bonchev–Trinajstić information content (AvgIpc) is 3.17. The van der Waals surface area contributed by atoms with Crippen molar-refractivity contribution in [1.29, 1.82) is 0 Å². The zero-order valence-corrected chi connectivity index (χ0v) is 12.2. The number of fused-ring (bicyclic) bond motifs is 1. The summed E-state index contributed by atoms with van der Waals surface area (Å²) in [5.74, 6) is -0.695. The van der Waals surface area contributed by atoms with Crippen LogP contribution in [-0.4, -0.2) is 16.2 Å². The molecule has 0 amide bonds. The Kier molecular flexibility index (Phi) is 3.41. The van der Waals surface area contributed by atoms with E-state index in [1.54, 1.807) is 0 Å². The van der Waals surface area contributed by atoms with Crippen molar-refractivity contribution in [2.45, 2.75) is 56.8 Å². The molecule has 2 aliphatic rings. The molecule has 0 spiro atoms. The van der Waals surface area contributed by atoms with Crippen molar-refractivity contribution in [3.05, 3.63) is 27.8 Å². The largest absolute Gasteiger partial charge is 0.506 e. The number of benzene rings is 1. The van der Waals surface area contributed by atoms with Crippen LogP contribution in [-0.2, 0) is 23.1 Å². The van der Waals surface area contributed by atoms with Crippen LogP contribution >= 0.6 is 11.6 Å². The van der Waals surface area contributed by atoms with Crippen molar-refractivity contribution in [2.75, 3.05) is 0 Å². The summed E-state index contributed by atoms with van der Waals surface area (Å²) >= 11 is 6.36. The molecule has 0 radical (unpaired) electrons. The van der Waals surface area contributed by atoms with Crippen molar-refractivity contribution in [3.63, 3.8) is 0 Å². The van der Waals surface area contributed by atoms with E-state index in [1.165, 1.54) is 12.0 Å². The fourth-order valence-electron chi connectivity index (χ4n) is 3.41. The second-order valence-corrected chi connectivity index (χ2v) is 6.51. The Morgan fingerprint density at radius 3 is 2.60 bits per heavy atom. The fourth-order valence-corrected chi connectivity index (χ4v) is 3.72. The molecular weight excluding hydrogens is 276 g/mol. The van der Waals surface area contributed by atoms with Gasteiger partial charge in [0, 0.05) is 11.0 Å². The molecule has 0 heterocycles. The molecule has 1 fully saturated rings. The maximum absolute atomic E-state index is 11.1. The van der Waals surface area contributed by atoms with Gasteiger partial charge in [0.2, 0.25) is 0 Å². The summed E-state index contributed by atoms with van der Waals surface area (Å²) in [5, 5.41) is 19.9. The van der Waals surface area contributed by atoms with Gasteiger partial charge in [0.25, 0.3) is 0 Å². The van der Waals surface area contributed by atoms with Gasteiger partial charge in [-0.3, -0.25) is 4.79 Å². The maximum atomic E-state index is 11.1. The van der Waals surface area contributed by atoms with Crippen molar-refractivity contribution >= 4 is 17.6 Å². The predicted octanol–water partition coefficient (Wildman–Crippen LogP) is 3.82. The van der Waals surface area contributed by atoms with E-state index in [9.17, 15) is 9.90 Å². The average molecular weight is 295 g/mol. The number of phenolic OH excluding ortho intramolecular Hbond substituents is 1. The number of aryl methyl sites for hydroxylation is 1. The van der Waals surface area contributed by atoms with Gasteiger partial charge < -0.3 is 10.2 Å². The van der Waals surface area contributed by atoms with Gasteiger partial charge in [0.15, 0.2) is 0 Å². The van der Waals surface area contributed by atoms with Gasteiger partial charge in [-0.15, -0.1) is 0 Å². The monoisotopic (exact) mass is 294 g/mol. The molecule has 0 atom stereocenters. The third kappa shape index (κ3) is 2.28. The smallest absolute Gasteiger partial charge is 0.304 e. The molecule has 20 heavy (non-hydrogen) atoms. The van der Waals surface area contributed by atoms with Gasteiger partial charge in [-0.05, 0) is 49.7 Å². The van der Waals surface area contributed by atoms with E-state index in [1.807, 2.05) is 6.07 Å². The lowest BCUT2D eigenvalue weighted by Gasteiger charge is -2.20. The van der Waals surface area contributed by atoms with Crippen LogP contribution in [0.2, 0.25) is 5.02 Å². The van der Waals surface area contributed by atoms with E-state index < -0.39 is 5.97 Å². The van der Waals surface area contributed by atoms with E-state index in [4.69, 9.17) is 16.7 Å². The first kappa shape index (κ1) is 13.7. The third-order valence-electron chi connectivity index (χ3n) is 4.72. The Balaban J connectivity index is 2.06. The number of hydrogen-bond acceptors (Lipinski definition) is 2. The first-order valence-corrected chi connectivity index (χ1v) is 7.67. The van der Waals surface area contributed by atoms with Gasteiger partial charge in [0.1, 0.15) is 5.75 Å². The lowest BCUT2D eigenvalue weighted by Crippen LogP contribution is -2.14. The van der Waals surface area contributed by atoms with Crippen LogP contribution in [0.4, 0.5) is 0 Å². The number of hydrogen-bond donors (Lipinski definition) is 2. The number of aromatic hydroxyl groups is 1. The van der Waals surface area contributed by atoms with Crippen molar-refractivity contribution in [3.8, 4) is 5.75 Å². The molecule has 0 aromatic heterocycles. The first-order chi connectivity index (χ1) is 9.53. The minimum Gasteiger partial charge on any atom is -0.506 e. The van der Waals surface area contributed by atoms with Gasteiger partial charge >= 0.3 is 5.97 Å². The molecule has 2 aliphatic carbocycles. The molecule has 0 saturated heterocycles. The lowest BCUT2D eigenvalue weighted by molar-refractivity contribution is -0.137. The third-order valence-corrected chi connectivity index (χ3v) is 5.13. The van der Waals surface area contributed by atoms with Crippen LogP contribution in [0.3, 0.4) is 0 Å². The number of aliphatic carboxylic acids is 1. The fraction of sp³-hybridized carbons (Fsp3) is 0.562. The quantitative estimate of drug-likeness (QED) is 0.833. The summed E-state index contributed by atoms with van der Waals surface area (Å²) < 4.78 is 0. The summed E-state index contributed by atoms with van der Waals surface area (Å²) in [6, 6.07) is 2.03. The molecular formula is C16H19ClO3. The van der Waals surface area contributed by atoms with Crippen LogP contribution in [0, 0.1) is 0 Å². The highest BCUT2D eigenvalue weighted by atomic mass is 35.5. The van der Waals surface area contributed by atoms with E-state index in [0.29, 0.717) is 5.02 Å². The molecule has 4 heteroatoms. The highest BCUT2D eigenvalue weighted by Gasteiger charge is 2.48. The molecule has 0 unspecified atom stereocenters. The second-order valence-electron chi connectivity index (χ2n) is 6.14. The van der Waals surface area contributed by atoms with E-state index in [0.717, 1.165) is 49.7 Å². The molecule has 3 nitrogen and oxygen atoms in total. The van der Waals surface area contributed by atoms with Crippen LogP contribution in [0.15, 0.2) is 6.07 Å². The predicted molar refractivity (Wildman–Crippen MR) is 77.5 cm³/mol. The number of carbonyl (C=O) groups is 1.